The van der Waals surface area contributed by atoms with E-state index in [0.29, 0.717) is 18.0 Å². The largest absolute Gasteiger partial charge is 0.368 e. The van der Waals surface area contributed by atoms with E-state index in [9.17, 15) is 9.59 Å². The van der Waals surface area contributed by atoms with Gasteiger partial charge in [-0.2, -0.15) is 0 Å². The molecule has 1 saturated heterocycles. The van der Waals surface area contributed by atoms with Crippen molar-refractivity contribution < 1.29 is 9.59 Å². The molecule has 5 heteroatoms. The van der Waals surface area contributed by atoms with Crippen molar-refractivity contribution in [1.82, 2.24) is 9.88 Å². The SMILES string of the molecule is NC(=O)C1CC2CC2N1C(=O)c1nccc2ccccc12. The van der Waals surface area contributed by atoms with Gasteiger partial charge in [0.05, 0.1) is 0 Å². The van der Waals surface area contributed by atoms with E-state index in [4.69, 9.17) is 5.73 Å². The fourth-order valence-corrected chi connectivity index (χ4v) is 3.41. The van der Waals surface area contributed by atoms with Crippen molar-refractivity contribution in [3.05, 3.63) is 42.2 Å². The van der Waals surface area contributed by atoms with Crippen LogP contribution in [-0.2, 0) is 4.79 Å². The van der Waals surface area contributed by atoms with Gasteiger partial charge in [0.25, 0.3) is 5.91 Å². The summed E-state index contributed by atoms with van der Waals surface area (Å²) < 4.78 is 0. The van der Waals surface area contributed by atoms with E-state index in [1.165, 1.54) is 0 Å². The van der Waals surface area contributed by atoms with Crippen molar-refractivity contribution in [3.8, 4) is 0 Å². The molecular formula is C16H15N3O2. The fourth-order valence-electron chi connectivity index (χ4n) is 3.41. The maximum Gasteiger partial charge on any atom is 0.274 e. The molecule has 1 aromatic heterocycles. The lowest BCUT2D eigenvalue weighted by Crippen LogP contribution is -2.46. The molecule has 2 fully saturated rings. The molecule has 4 rings (SSSR count). The van der Waals surface area contributed by atoms with Crippen LogP contribution in [0.2, 0.25) is 0 Å². The number of likely N-dealkylation sites (tertiary alicyclic amines) is 1. The van der Waals surface area contributed by atoms with Crippen LogP contribution in [0.4, 0.5) is 0 Å². The standard InChI is InChI=1S/C16H15N3O2/c17-15(20)13-8-10-7-12(10)19(13)16(21)14-11-4-2-1-3-9(11)5-6-18-14/h1-6,10,12-13H,7-8H2,(H2,17,20). The molecule has 2 N–H and O–H groups in total. The van der Waals surface area contributed by atoms with Gasteiger partial charge in [-0.1, -0.05) is 24.3 Å². The van der Waals surface area contributed by atoms with Gasteiger partial charge in [-0.3, -0.25) is 14.6 Å². The Balaban J connectivity index is 1.78. The summed E-state index contributed by atoms with van der Waals surface area (Å²) >= 11 is 0. The van der Waals surface area contributed by atoms with Gasteiger partial charge < -0.3 is 10.6 Å². The first-order valence-corrected chi connectivity index (χ1v) is 7.12. The number of carbonyl (C=O) groups is 2. The molecular weight excluding hydrogens is 266 g/mol. The molecule has 0 radical (unpaired) electrons. The third kappa shape index (κ3) is 1.81. The summed E-state index contributed by atoms with van der Waals surface area (Å²) in [5.41, 5.74) is 5.86. The molecule has 3 atom stereocenters. The number of aromatic nitrogens is 1. The van der Waals surface area contributed by atoms with Gasteiger partial charge in [-0.15, -0.1) is 0 Å². The van der Waals surface area contributed by atoms with Crippen molar-refractivity contribution in [2.75, 3.05) is 0 Å². The van der Waals surface area contributed by atoms with Gasteiger partial charge in [-0.25, -0.2) is 0 Å². The molecule has 2 aliphatic rings. The second kappa shape index (κ2) is 4.28. The van der Waals surface area contributed by atoms with Crippen LogP contribution in [0.5, 0.6) is 0 Å². The van der Waals surface area contributed by atoms with E-state index in [1.807, 2.05) is 30.3 Å². The Kier molecular flexibility index (Phi) is 2.51. The van der Waals surface area contributed by atoms with E-state index < -0.39 is 11.9 Å². The van der Waals surface area contributed by atoms with Gasteiger partial charge >= 0.3 is 0 Å². The monoisotopic (exact) mass is 281 g/mol. The van der Waals surface area contributed by atoms with Crippen molar-refractivity contribution in [3.63, 3.8) is 0 Å². The molecule has 5 nitrogen and oxygen atoms in total. The average molecular weight is 281 g/mol. The number of rotatable bonds is 2. The third-order valence-electron chi connectivity index (χ3n) is 4.54. The van der Waals surface area contributed by atoms with E-state index in [0.717, 1.165) is 17.2 Å². The summed E-state index contributed by atoms with van der Waals surface area (Å²) in [4.78, 5) is 30.4. The molecule has 1 aromatic carbocycles. The number of pyridine rings is 1. The topological polar surface area (TPSA) is 76.3 Å². The van der Waals surface area contributed by atoms with Gasteiger partial charge in [0.1, 0.15) is 11.7 Å². The molecule has 21 heavy (non-hydrogen) atoms. The van der Waals surface area contributed by atoms with Crippen LogP contribution in [0, 0.1) is 5.92 Å². The zero-order valence-electron chi connectivity index (χ0n) is 11.4. The van der Waals surface area contributed by atoms with Crippen molar-refractivity contribution in [1.29, 1.82) is 0 Å². The predicted octanol–water partition coefficient (Wildman–Crippen LogP) is 1.32. The van der Waals surface area contributed by atoms with Crippen molar-refractivity contribution in [2.24, 2.45) is 11.7 Å². The van der Waals surface area contributed by atoms with Gasteiger partial charge in [0.2, 0.25) is 5.91 Å². The lowest BCUT2D eigenvalue weighted by atomic mass is 10.1. The third-order valence-corrected chi connectivity index (χ3v) is 4.54. The van der Waals surface area contributed by atoms with Gasteiger partial charge in [0.15, 0.2) is 0 Å². The highest BCUT2D eigenvalue weighted by molar-refractivity contribution is 6.06. The molecule has 1 aliphatic heterocycles. The summed E-state index contributed by atoms with van der Waals surface area (Å²) in [6.45, 7) is 0. The van der Waals surface area contributed by atoms with Crippen LogP contribution in [0.25, 0.3) is 10.8 Å². The normalized spacial score (nSPS) is 26.7. The lowest BCUT2D eigenvalue weighted by Gasteiger charge is -2.25. The molecule has 2 aromatic rings. The quantitative estimate of drug-likeness (QED) is 0.902. The number of nitrogens with zero attached hydrogens (tertiary/aromatic N) is 2. The summed E-state index contributed by atoms with van der Waals surface area (Å²) in [5, 5.41) is 1.79. The Labute approximate surface area is 121 Å². The van der Waals surface area contributed by atoms with Gasteiger partial charge in [0, 0.05) is 17.6 Å². The number of amides is 2. The highest BCUT2D eigenvalue weighted by Gasteiger charge is 2.56. The average Bonchev–Trinajstić information content (AvgIpc) is 3.16. The predicted molar refractivity (Wildman–Crippen MR) is 77.4 cm³/mol. The first kappa shape index (κ1) is 12.3. The minimum Gasteiger partial charge on any atom is -0.368 e. The molecule has 0 spiro atoms. The van der Waals surface area contributed by atoms with Crippen LogP contribution >= 0.6 is 0 Å². The smallest absolute Gasteiger partial charge is 0.274 e. The summed E-state index contributed by atoms with van der Waals surface area (Å²) in [6.07, 6.45) is 3.30. The Bertz CT molecular complexity index is 753. The Morgan fingerprint density at radius 2 is 2.00 bits per heavy atom. The molecule has 0 bridgehead atoms. The summed E-state index contributed by atoms with van der Waals surface area (Å²) in [5.74, 6) is -0.169. The highest BCUT2D eigenvalue weighted by Crippen LogP contribution is 2.48. The zero-order valence-corrected chi connectivity index (χ0v) is 11.4. The maximum atomic E-state index is 12.9. The van der Waals surface area contributed by atoms with E-state index in [-0.39, 0.29) is 11.9 Å². The Hall–Kier alpha value is -2.43. The van der Waals surface area contributed by atoms with E-state index in [1.54, 1.807) is 11.1 Å². The molecule has 1 aliphatic carbocycles. The van der Waals surface area contributed by atoms with Crippen LogP contribution in [0.3, 0.4) is 0 Å². The van der Waals surface area contributed by atoms with Crippen LogP contribution in [0.15, 0.2) is 36.5 Å². The number of primary amides is 1. The first-order valence-electron chi connectivity index (χ1n) is 7.12. The maximum absolute atomic E-state index is 12.9. The lowest BCUT2D eigenvalue weighted by molar-refractivity contribution is -0.122. The van der Waals surface area contributed by atoms with E-state index in [2.05, 4.69) is 4.98 Å². The number of nitrogens with two attached hydrogens (primary N) is 1. The Morgan fingerprint density at radius 1 is 1.19 bits per heavy atom. The Morgan fingerprint density at radius 3 is 2.81 bits per heavy atom. The zero-order chi connectivity index (χ0) is 14.6. The van der Waals surface area contributed by atoms with Crippen LogP contribution in [0.1, 0.15) is 23.3 Å². The number of benzene rings is 1. The molecule has 3 unspecified atom stereocenters. The number of carbonyl (C=O) groups excluding carboxylic acids is 2. The molecule has 106 valence electrons. The van der Waals surface area contributed by atoms with E-state index >= 15 is 0 Å². The first-order chi connectivity index (χ1) is 10.2. The second-order valence-corrected chi connectivity index (χ2v) is 5.81. The van der Waals surface area contributed by atoms with Gasteiger partial charge in [-0.05, 0) is 30.2 Å². The number of hydrogen-bond donors (Lipinski definition) is 1. The minimum absolute atomic E-state index is 0.163. The van der Waals surface area contributed by atoms with Crippen molar-refractivity contribution >= 4 is 22.6 Å². The fraction of sp³-hybridized carbons (Fsp3) is 0.312. The minimum atomic E-state index is -0.484. The molecule has 1 saturated carbocycles. The molecule has 2 heterocycles. The summed E-state index contributed by atoms with van der Waals surface area (Å²) in [7, 11) is 0. The molecule has 2 amide bonds. The summed E-state index contributed by atoms with van der Waals surface area (Å²) in [6, 6.07) is 9.20. The van der Waals surface area contributed by atoms with Crippen molar-refractivity contribution in [2.45, 2.75) is 24.9 Å². The number of piperidine rings is 1. The van der Waals surface area contributed by atoms with Crippen LogP contribution in [-0.4, -0.2) is 33.8 Å². The highest BCUT2D eigenvalue weighted by atomic mass is 16.2. The second-order valence-electron chi connectivity index (χ2n) is 5.81. The van der Waals surface area contributed by atoms with Crippen LogP contribution < -0.4 is 5.73 Å². The number of hydrogen-bond acceptors (Lipinski definition) is 3. The number of fused-ring (bicyclic) bond motifs is 2.